The summed E-state index contributed by atoms with van der Waals surface area (Å²) in [5.41, 5.74) is -1.74. The topological polar surface area (TPSA) is 352 Å². The zero-order valence-electron chi connectivity index (χ0n) is 63.6. The van der Waals surface area contributed by atoms with Gasteiger partial charge in [0.1, 0.15) is 66.5 Å². The van der Waals surface area contributed by atoms with E-state index in [2.05, 4.69) is 21.3 Å². The Hall–Kier alpha value is -7.23. The quantitative estimate of drug-likeness (QED) is 0.0547. The van der Waals surface area contributed by atoms with Gasteiger partial charge in [-0.05, 0) is 116 Å². The van der Waals surface area contributed by atoms with Gasteiger partial charge in [-0.15, -0.1) is 0 Å². The van der Waals surface area contributed by atoms with Crippen LogP contribution in [0.3, 0.4) is 0 Å². The van der Waals surface area contributed by atoms with E-state index in [9.17, 15) is 39.0 Å². The minimum atomic E-state index is -1.88. The number of rotatable bonds is 21. The van der Waals surface area contributed by atoms with Crippen LogP contribution < -0.4 is 21.3 Å². The van der Waals surface area contributed by atoms with Crippen LogP contribution in [0, 0.1) is 41.4 Å². The number of hydrogen-bond donors (Lipinski definition) is 6. The molecule has 0 aliphatic carbocycles. The molecule has 1 aliphatic heterocycles. The molecule has 13 atom stereocenters. The Morgan fingerprint density at radius 1 is 0.480 bits per heavy atom. The van der Waals surface area contributed by atoms with E-state index in [-0.39, 0.29) is 63.1 Å². The van der Waals surface area contributed by atoms with Crippen molar-refractivity contribution < 1.29 is 82.0 Å². The summed E-state index contributed by atoms with van der Waals surface area (Å²) in [5, 5.41) is 34.5. The number of aliphatic hydroxyl groups is 2. The zero-order chi connectivity index (χ0) is 76.0. The molecule has 6 N–H and O–H groups in total. The SMILES string of the molecule is C/C=C/C[C@@H](C)[C@@H](O)[C@H]1C(=O)N[C@@H](CC)C(=O)N(C)[C@H](CC(C(=O)OCC)C(=O)OCC)C(=O)N(C)[C@@H](CC(C)(C)O)C(=O)N[C@@H](C(C)C)C(=O)N(C)[C@@H](CC(C)C)C(=O)N[C@@H](C)C(=O)N[C@H](C)C(=O)N(C)[C@@H](CC(C)C)C(=O)N(C)[C@@H](CC(C)C)C(=O)N(C)[C@@H](C(C)C)C(=O)N1C. The van der Waals surface area contributed by atoms with Crippen molar-refractivity contribution in [3.05, 3.63) is 12.2 Å². The predicted octanol–water partition coefficient (Wildman–Crippen LogP) is 2.88. The molecule has 28 heteroatoms. The molecular formula is C70H123N11O17. The number of amides is 11. The van der Waals surface area contributed by atoms with Crippen molar-refractivity contribution in [3.8, 4) is 0 Å². The molecule has 0 aromatic rings. The third-order valence-electron chi connectivity index (χ3n) is 18.0. The van der Waals surface area contributed by atoms with Crippen molar-refractivity contribution in [2.75, 3.05) is 62.5 Å². The number of allylic oxidation sites excluding steroid dienone is 2. The summed E-state index contributed by atoms with van der Waals surface area (Å²) in [7, 11) is 9.20. The normalized spacial score (nSPS) is 25.7. The highest BCUT2D eigenvalue weighted by Gasteiger charge is 2.48. The molecule has 1 aliphatic rings. The van der Waals surface area contributed by atoms with Crippen LogP contribution in [0.5, 0.6) is 0 Å². The van der Waals surface area contributed by atoms with Crippen molar-refractivity contribution in [3.63, 3.8) is 0 Å². The second kappa shape index (κ2) is 40.1. The first-order chi connectivity index (χ1) is 45.2. The van der Waals surface area contributed by atoms with E-state index < -0.39 is 192 Å². The fraction of sp³-hybridized carbons (Fsp3) is 0.786. The molecule has 0 radical (unpaired) electrons. The Bertz CT molecular complexity index is 2750. The van der Waals surface area contributed by atoms with E-state index in [0.717, 1.165) is 19.6 Å². The van der Waals surface area contributed by atoms with Gasteiger partial charge in [-0.2, -0.15) is 0 Å². The van der Waals surface area contributed by atoms with Gasteiger partial charge in [0.2, 0.25) is 65.0 Å². The number of hydrogen-bond acceptors (Lipinski definition) is 17. The average molecular weight is 1390 g/mol. The monoisotopic (exact) mass is 1390 g/mol. The molecule has 560 valence electrons. The van der Waals surface area contributed by atoms with Gasteiger partial charge < -0.3 is 75.3 Å². The van der Waals surface area contributed by atoms with E-state index in [1.54, 1.807) is 67.5 Å². The summed E-state index contributed by atoms with van der Waals surface area (Å²) in [6.07, 6.45) is 0.772. The first kappa shape index (κ1) is 88.8. The van der Waals surface area contributed by atoms with Crippen molar-refractivity contribution in [1.82, 2.24) is 55.6 Å². The van der Waals surface area contributed by atoms with Crippen LogP contribution >= 0.6 is 0 Å². The van der Waals surface area contributed by atoms with Crippen LogP contribution in [0.2, 0.25) is 0 Å². The van der Waals surface area contributed by atoms with Gasteiger partial charge >= 0.3 is 11.9 Å². The molecule has 0 aromatic carbocycles. The average Bonchev–Trinajstić information content (AvgIpc) is 0.803. The number of carbonyl (C=O) groups is 13. The standard InChI is InChI=1S/C70H123N11O17/c1-27-31-32-43(15)56(82)55-60(86)73-47(28-2)62(88)77(22)51(36-46(68(94)97-29-3)69(95)98-30-4)64(90)79(24)52(37-70(18,19)96)59(85)74-53(41(11)12)66(92)75(20)48(33-38(5)6)58(84)71-44(16)57(83)72-45(17)61(87)76(21)49(34-39(7)8)63(89)78(23)50(35-40(9)10)65(91)80(25)54(42(13)14)67(93)81(55)26/h27,31,38-56,82,96H,28-30,32-37H2,1-26H3,(H,71,84)(H,72,83)(H,73,86)(H,74,85)/b31-27+/t43-,44+,45-,47+,48+,49+,50+,51-,52+,53+,54+,55+,56-/m1/s1. The van der Waals surface area contributed by atoms with Gasteiger partial charge in [-0.1, -0.05) is 95.2 Å². The third kappa shape index (κ3) is 24.9. The summed E-state index contributed by atoms with van der Waals surface area (Å²) in [4.78, 5) is 200. The summed E-state index contributed by atoms with van der Waals surface area (Å²) < 4.78 is 10.6. The molecule has 0 aromatic heterocycles. The molecule has 1 rings (SSSR count). The lowest BCUT2D eigenvalue weighted by atomic mass is 9.91. The van der Waals surface area contributed by atoms with Crippen LogP contribution in [0.1, 0.15) is 176 Å². The number of aliphatic hydroxyl groups excluding tert-OH is 1. The summed E-state index contributed by atoms with van der Waals surface area (Å²) in [6, 6.07) is -16.0. The molecule has 11 amide bonds. The first-order valence-corrected chi connectivity index (χ1v) is 34.7. The molecule has 0 bridgehead atoms. The highest BCUT2D eigenvalue weighted by atomic mass is 16.6. The molecule has 1 heterocycles. The summed E-state index contributed by atoms with van der Waals surface area (Å²) in [5.74, 6) is -16.1. The number of carbonyl (C=O) groups excluding carboxylic acids is 13. The van der Waals surface area contributed by atoms with Gasteiger partial charge in [0, 0.05) is 62.2 Å². The second-order valence-electron chi connectivity index (χ2n) is 29.0. The van der Waals surface area contributed by atoms with Crippen molar-refractivity contribution >= 4 is 76.9 Å². The van der Waals surface area contributed by atoms with Crippen LogP contribution in [0.15, 0.2) is 12.2 Å². The van der Waals surface area contributed by atoms with E-state index in [1.807, 2.05) is 27.7 Å². The van der Waals surface area contributed by atoms with Crippen LogP contribution in [0.4, 0.5) is 0 Å². The molecule has 98 heavy (non-hydrogen) atoms. The van der Waals surface area contributed by atoms with Crippen molar-refractivity contribution in [1.29, 1.82) is 0 Å². The minimum absolute atomic E-state index is 0.0555. The maximum Gasteiger partial charge on any atom is 0.320 e. The lowest BCUT2D eigenvalue weighted by Gasteiger charge is -2.41. The van der Waals surface area contributed by atoms with Crippen LogP contribution in [-0.4, -0.2) is 262 Å². The highest BCUT2D eigenvalue weighted by molar-refractivity contribution is 6.01. The number of likely N-dealkylation sites (N-methyl/N-ethyl adjacent to an activating group) is 7. The largest absolute Gasteiger partial charge is 0.465 e. The Labute approximate surface area is 583 Å². The number of nitrogens with one attached hydrogen (secondary N) is 4. The van der Waals surface area contributed by atoms with Gasteiger partial charge in [-0.3, -0.25) is 62.3 Å². The maximum atomic E-state index is 15.6. The van der Waals surface area contributed by atoms with Gasteiger partial charge in [-0.25, -0.2) is 0 Å². The Balaban J connectivity index is 4.75. The molecule has 0 saturated carbocycles. The van der Waals surface area contributed by atoms with Crippen LogP contribution in [-0.2, 0) is 71.8 Å². The number of ether oxygens (including phenoxy) is 2. The van der Waals surface area contributed by atoms with E-state index in [4.69, 9.17) is 9.47 Å². The minimum Gasteiger partial charge on any atom is -0.465 e. The number of esters is 2. The Kier molecular flexibility index (Phi) is 36.4. The van der Waals surface area contributed by atoms with Crippen molar-refractivity contribution in [2.45, 2.75) is 255 Å². The number of nitrogens with zero attached hydrogens (tertiary/aromatic N) is 7. The van der Waals surface area contributed by atoms with Crippen molar-refractivity contribution in [2.24, 2.45) is 41.4 Å². The van der Waals surface area contributed by atoms with E-state index in [1.165, 1.54) is 112 Å². The van der Waals surface area contributed by atoms with Gasteiger partial charge in [0.05, 0.1) is 24.9 Å². The smallest absolute Gasteiger partial charge is 0.320 e. The van der Waals surface area contributed by atoms with Gasteiger partial charge in [0.25, 0.3) is 0 Å². The van der Waals surface area contributed by atoms with E-state index >= 15 is 33.6 Å². The maximum absolute atomic E-state index is 15.6. The molecule has 0 unspecified atom stereocenters. The fourth-order valence-corrected chi connectivity index (χ4v) is 12.1. The Morgan fingerprint density at radius 2 is 0.878 bits per heavy atom. The fourth-order valence-electron chi connectivity index (χ4n) is 12.1. The predicted molar refractivity (Wildman–Crippen MR) is 370 cm³/mol. The third-order valence-corrected chi connectivity index (χ3v) is 18.0. The zero-order valence-corrected chi connectivity index (χ0v) is 63.6. The summed E-state index contributed by atoms with van der Waals surface area (Å²) in [6.45, 7) is 30.5. The first-order valence-electron chi connectivity index (χ1n) is 34.7. The molecular weight excluding hydrogens is 1270 g/mol. The van der Waals surface area contributed by atoms with Gasteiger partial charge in [0.15, 0.2) is 5.92 Å². The molecule has 1 saturated heterocycles. The van der Waals surface area contributed by atoms with E-state index in [0.29, 0.717) is 0 Å². The molecule has 1 fully saturated rings. The lowest BCUT2D eigenvalue weighted by molar-refractivity contribution is -0.164. The highest BCUT2D eigenvalue weighted by Crippen LogP contribution is 2.28. The van der Waals surface area contributed by atoms with Crippen LogP contribution in [0.25, 0.3) is 0 Å². The summed E-state index contributed by atoms with van der Waals surface area (Å²) >= 11 is 0. The second-order valence-corrected chi connectivity index (χ2v) is 29.0. The Morgan fingerprint density at radius 3 is 1.31 bits per heavy atom. The molecule has 0 spiro atoms. The molecule has 28 nitrogen and oxygen atoms in total. The lowest BCUT2D eigenvalue weighted by Crippen LogP contribution is -2.64.